The number of aromatic nitrogens is 2. The van der Waals surface area contributed by atoms with Gasteiger partial charge in [-0.2, -0.15) is 0 Å². The maximum absolute atomic E-state index is 13.1. The van der Waals surface area contributed by atoms with Gasteiger partial charge in [0.25, 0.3) is 0 Å². The van der Waals surface area contributed by atoms with Gasteiger partial charge in [-0.1, -0.05) is 0 Å². The first-order chi connectivity index (χ1) is 16.1. The van der Waals surface area contributed by atoms with Gasteiger partial charge in [-0.05, 0) is 30.3 Å². The van der Waals surface area contributed by atoms with E-state index in [9.17, 15) is 9.59 Å². The van der Waals surface area contributed by atoms with Crippen LogP contribution in [-0.2, 0) is 14.3 Å². The van der Waals surface area contributed by atoms with Crippen LogP contribution in [0.15, 0.2) is 36.4 Å². The van der Waals surface area contributed by atoms with E-state index in [0.717, 1.165) is 17.3 Å². The predicted molar refractivity (Wildman–Crippen MR) is 122 cm³/mol. The lowest BCUT2D eigenvalue weighted by Crippen LogP contribution is -2.51. The fraction of sp³-hybridized carbons (Fsp3) is 0.478. The summed E-state index contributed by atoms with van der Waals surface area (Å²) in [5.41, 5.74) is 0.786. The first-order valence-electron chi connectivity index (χ1n) is 11.0. The Morgan fingerprint density at radius 1 is 1.00 bits per heavy atom. The summed E-state index contributed by atoms with van der Waals surface area (Å²) in [6.45, 7) is 3.80. The Hall–Kier alpha value is -3.40. The lowest BCUT2D eigenvalue weighted by atomic mass is 10.1. The number of methoxy groups -OCH3 is 2. The van der Waals surface area contributed by atoms with Crippen LogP contribution in [-0.4, -0.2) is 87.1 Å². The zero-order valence-corrected chi connectivity index (χ0v) is 19.0. The van der Waals surface area contributed by atoms with Crippen molar-refractivity contribution in [1.82, 2.24) is 15.1 Å². The van der Waals surface area contributed by atoms with Crippen LogP contribution < -0.4 is 19.3 Å². The monoisotopic (exact) mass is 455 g/mol. The maximum atomic E-state index is 13.1. The molecule has 2 saturated heterocycles. The van der Waals surface area contributed by atoms with E-state index in [2.05, 4.69) is 15.1 Å². The second kappa shape index (κ2) is 10.5. The molecule has 2 aromatic rings. The van der Waals surface area contributed by atoms with Crippen LogP contribution in [0, 0.1) is 5.92 Å². The van der Waals surface area contributed by atoms with E-state index in [4.69, 9.17) is 14.2 Å². The van der Waals surface area contributed by atoms with E-state index < -0.39 is 0 Å². The molecule has 1 unspecified atom stereocenters. The van der Waals surface area contributed by atoms with Crippen molar-refractivity contribution in [2.24, 2.45) is 5.92 Å². The second-order valence-corrected chi connectivity index (χ2v) is 7.99. The fourth-order valence-corrected chi connectivity index (χ4v) is 4.09. The lowest BCUT2D eigenvalue weighted by molar-refractivity contribution is -0.136. The normalized spacial score (nSPS) is 18.5. The van der Waals surface area contributed by atoms with Gasteiger partial charge in [-0.15, -0.1) is 10.2 Å². The molecular weight excluding hydrogens is 426 g/mol. The number of rotatable bonds is 8. The van der Waals surface area contributed by atoms with E-state index >= 15 is 0 Å². The number of carbonyl (C=O) groups excluding carboxylic acids is 2. The van der Waals surface area contributed by atoms with Crippen LogP contribution >= 0.6 is 0 Å². The summed E-state index contributed by atoms with van der Waals surface area (Å²) in [5.74, 6) is 1.62. The van der Waals surface area contributed by atoms with Crippen LogP contribution in [0.3, 0.4) is 0 Å². The third-order valence-corrected chi connectivity index (χ3v) is 5.94. The van der Waals surface area contributed by atoms with E-state index in [1.807, 2.05) is 35.2 Å². The molecule has 176 valence electrons. The van der Waals surface area contributed by atoms with Crippen molar-refractivity contribution in [3.8, 4) is 11.6 Å². The molecule has 3 heterocycles. The third kappa shape index (κ3) is 5.33. The number of hydrogen-bond acceptors (Lipinski definition) is 8. The Bertz CT molecular complexity index is 945. The van der Waals surface area contributed by atoms with Gasteiger partial charge in [-0.3, -0.25) is 9.59 Å². The van der Waals surface area contributed by atoms with E-state index in [1.54, 1.807) is 25.2 Å². The quantitative estimate of drug-likeness (QED) is 0.548. The summed E-state index contributed by atoms with van der Waals surface area (Å²) in [4.78, 5) is 31.3. The van der Waals surface area contributed by atoms with Crippen LogP contribution in [0.25, 0.3) is 0 Å². The van der Waals surface area contributed by atoms with Gasteiger partial charge in [0.2, 0.25) is 17.7 Å². The van der Waals surface area contributed by atoms with Gasteiger partial charge in [0.15, 0.2) is 5.82 Å². The summed E-state index contributed by atoms with van der Waals surface area (Å²) in [6.07, 6.45) is 0.237. The summed E-state index contributed by atoms with van der Waals surface area (Å²) >= 11 is 0. The van der Waals surface area contributed by atoms with E-state index in [1.165, 1.54) is 0 Å². The zero-order valence-electron chi connectivity index (χ0n) is 19.0. The minimum absolute atomic E-state index is 0.0276. The van der Waals surface area contributed by atoms with Crippen molar-refractivity contribution >= 4 is 23.3 Å². The van der Waals surface area contributed by atoms with Crippen molar-refractivity contribution in [3.63, 3.8) is 0 Å². The van der Waals surface area contributed by atoms with Crippen molar-refractivity contribution in [1.29, 1.82) is 0 Å². The molecule has 2 aliphatic heterocycles. The highest BCUT2D eigenvalue weighted by Crippen LogP contribution is 2.28. The number of ether oxygens (including phenoxy) is 3. The Morgan fingerprint density at radius 2 is 1.76 bits per heavy atom. The minimum atomic E-state index is -0.325. The minimum Gasteiger partial charge on any atom is -0.497 e. The standard InChI is InChI=1S/C23H29N5O5/c1-31-13-14-33-21-8-7-20(24-25-21)26-9-11-27(12-10-26)23(30)17-15-22(29)28(16-17)18-3-5-19(32-2)6-4-18/h3-8,17H,9-16H2,1-2H3. The molecule has 1 aromatic heterocycles. The Labute approximate surface area is 193 Å². The summed E-state index contributed by atoms with van der Waals surface area (Å²) in [7, 11) is 3.22. The molecule has 0 radical (unpaired) electrons. The number of anilines is 2. The summed E-state index contributed by atoms with van der Waals surface area (Å²) in [6, 6.07) is 11.0. The molecule has 1 atom stereocenters. The SMILES string of the molecule is COCCOc1ccc(N2CCN(C(=O)C3CC(=O)N(c4ccc(OC)cc4)C3)CC2)nn1. The number of carbonyl (C=O) groups is 2. The van der Waals surface area contributed by atoms with Crippen LogP contribution in [0.5, 0.6) is 11.6 Å². The molecule has 0 spiro atoms. The second-order valence-electron chi connectivity index (χ2n) is 7.99. The number of hydrogen-bond donors (Lipinski definition) is 0. The molecule has 10 heteroatoms. The fourth-order valence-electron chi connectivity index (χ4n) is 4.09. The molecule has 0 bridgehead atoms. The van der Waals surface area contributed by atoms with Gasteiger partial charge in [-0.25, -0.2) is 0 Å². The molecular formula is C23H29N5O5. The van der Waals surface area contributed by atoms with Crippen LogP contribution in [0.4, 0.5) is 11.5 Å². The summed E-state index contributed by atoms with van der Waals surface area (Å²) < 4.78 is 15.6. The highest BCUT2D eigenvalue weighted by atomic mass is 16.5. The average Bonchev–Trinajstić information content (AvgIpc) is 3.26. The van der Waals surface area contributed by atoms with Crippen LogP contribution in [0.1, 0.15) is 6.42 Å². The number of amides is 2. The van der Waals surface area contributed by atoms with Gasteiger partial charge < -0.3 is 28.9 Å². The first kappa shape index (κ1) is 22.8. The van der Waals surface area contributed by atoms with E-state index in [-0.39, 0.29) is 24.2 Å². The zero-order chi connectivity index (χ0) is 23.2. The van der Waals surface area contributed by atoms with Gasteiger partial charge in [0.1, 0.15) is 12.4 Å². The van der Waals surface area contributed by atoms with Crippen molar-refractivity contribution in [2.45, 2.75) is 6.42 Å². The van der Waals surface area contributed by atoms with Gasteiger partial charge >= 0.3 is 0 Å². The van der Waals surface area contributed by atoms with E-state index in [0.29, 0.717) is 51.8 Å². The number of nitrogens with zero attached hydrogens (tertiary/aromatic N) is 5. The number of benzene rings is 1. The molecule has 1 aromatic carbocycles. The molecule has 4 rings (SSSR count). The molecule has 0 N–H and O–H groups in total. The molecule has 10 nitrogen and oxygen atoms in total. The van der Waals surface area contributed by atoms with Gasteiger partial charge in [0.05, 0.1) is 19.6 Å². The Balaban J connectivity index is 1.29. The largest absolute Gasteiger partial charge is 0.497 e. The number of piperazine rings is 1. The summed E-state index contributed by atoms with van der Waals surface area (Å²) in [5, 5.41) is 8.34. The Kier molecular flexibility index (Phi) is 7.23. The first-order valence-corrected chi connectivity index (χ1v) is 11.0. The van der Waals surface area contributed by atoms with Crippen molar-refractivity contribution < 1.29 is 23.8 Å². The third-order valence-electron chi connectivity index (χ3n) is 5.94. The topological polar surface area (TPSA) is 97.3 Å². The molecule has 33 heavy (non-hydrogen) atoms. The lowest BCUT2D eigenvalue weighted by Gasteiger charge is -2.36. The van der Waals surface area contributed by atoms with Crippen LogP contribution in [0.2, 0.25) is 0 Å². The van der Waals surface area contributed by atoms with Crippen molar-refractivity contribution in [3.05, 3.63) is 36.4 Å². The highest BCUT2D eigenvalue weighted by molar-refractivity contribution is 6.00. The molecule has 2 aliphatic rings. The molecule has 2 amide bonds. The average molecular weight is 456 g/mol. The molecule has 2 fully saturated rings. The Morgan fingerprint density at radius 3 is 2.39 bits per heavy atom. The molecule has 0 aliphatic carbocycles. The predicted octanol–water partition coefficient (Wildman–Crippen LogP) is 1.21. The van der Waals surface area contributed by atoms with Crippen molar-refractivity contribution in [2.75, 3.05) is 70.0 Å². The molecule has 0 saturated carbocycles. The smallest absolute Gasteiger partial charge is 0.233 e. The maximum Gasteiger partial charge on any atom is 0.233 e. The highest BCUT2D eigenvalue weighted by Gasteiger charge is 2.38. The van der Waals surface area contributed by atoms with Gasteiger partial charge in [0, 0.05) is 58.0 Å².